The van der Waals surface area contributed by atoms with E-state index < -0.39 is 0 Å². The number of rotatable bonds is 16. The summed E-state index contributed by atoms with van der Waals surface area (Å²) >= 11 is 0. The van der Waals surface area contributed by atoms with Gasteiger partial charge in [-0.2, -0.15) is 0 Å². The van der Waals surface area contributed by atoms with Crippen molar-refractivity contribution in [2.75, 3.05) is 7.11 Å². The molecule has 22 heavy (non-hydrogen) atoms. The molecule has 0 aromatic carbocycles. The van der Waals surface area contributed by atoms with Gasteiger partial charge in [-0.05, 0) is 12.3 Å². The van der Waals surface area contributed by atoms with Gasteiger partial charge in [-0.3, -0.25) is 4.79 Å². The molecule has 0 aliphatic rings. The third-order valence-corrected chi connectivity index (χ3v) is 4.61. The minimum Gasteiger partial charge on any atom is -0.469 e. The normalized spacial score (nSPS) is 12.3. The smallest absolute Gasteiger partial charge is 0.305 e. The summed E-state index contributed by atoms with van der Waals surface area (Å²) in [6, 6.07) is 0. The van der Waals surface area contributed by atoms with Crippen molar-refractivity contribution in [3.8, 4) is 0 Å². The van der Waals surface area contributed by atoms with E-state index in [0.29, 0.717) is 6.42 Å². The average Bonchev–Trinajstić information content (AvgIpc) is 2.52. The van der Waals surface area contributed by atoms with Gasteiger partial charge in [-0.25, -0.2) is 0 Å². The standard InChI is InChI=1S/C20H40O2/c1-4-5-6-7-8-9-10-11-13-16-19(2)17-14-12-15-18-20(21)22-3/h19H,4-18H2,1-3H3. The molecule has 0 spiro atoms. The van der Waals surface area contributed by atoms with Crippen LogP contribution >= 0.6 is 0 Å². The van der Waals surface area contributed by atoms with Crippen LogP contribution in [0.2, 0.25) is 0 Å². The number of unbranched alkanes of at least 4 members (excludes halogenated alkanes) is 10. The molecule has 1 unspecified atom stereocenters. The molecule has 0 aromatic heterocycles. The first-order chi connectivity index (χ1) is 10.7. The molecular weight excluding hydrogens is 272 g/mol. The van der Waals surface area contributed by atoms with E-state index in [0.717, 1.165) is 18.8 Å². The van der Waals surface area contributed by atoms with Crippen molar-refractivity contribution in [2.45, 2.75) is 110 Å². The van der Waals surface area contributed by atoms with Crippen LogP contribution in [0.5, 0.6) is 0 Å². The number of methoxy groups -OCH3 is 1. The molecule has 0 fully saturated rings. The summed E-state index contributed by atoms with van der Waals surface area (Å²) in [5.41, 5.74) is 0. The highest BCUT2D eigenvalue weighted by atomic mass is 16.5. The summed E-state index contributed by atoms with van der Waals surface area (Å²) in [5.74, 6) is 0.783. The first kappa shape index (κ1) is 21.5. The van der Waals surface area contributed by atoms with E-state index in [4.69, 9.17) is 0 Å². The first-order valence-electron chi connectivity index (χ1n) is 9.77. The van der Waals surface area contributed by atoms with Crippen LogP contribution in [-0.4, -0.2) is 13.1 Å². The van der Waals surface area contributed by atoms with Crippen LogP contribution < -0.4 is 0 Å². The molecular formula is C20H40O2. The van der Waals surface area contributed by atoms with E-state index in [1.807, 2.05) is 0 Å². The summed E-state index contributed by atoms with van der Waals surface area (Å²) in [5, 5.41) is 0. The van der Waals surface area contributed by atoms with Gasteiger partial charge in [-0.15, -0.1) is 0 Å². The zero-order valence-electron chi connectivity index (χ0n) is 15.5. The predicted octanol–water partition coefficient (Wildman–Crippen LogP) is 6.67. The summed E-state index contributed by atoms with van der Waals surface area (Å²) in [4.78, 5) is 11.0. The predicted molar refractivity (Wildman–Crippen MR) is 96.1 cm³/mol. The second kappa shape index (κ2) is 16.8. The molecule has 0 heterocycles. The molecule has 0 bridgehead atoms. The molecule has 0 aromatic rings. The summed E-state index contributed by atoms with van der Waals surface area (Å²) in [7, 11) is 1.47. The summed E-state index contributed by atoms with van der Waals surface area (Å²) < 4.78 is 4.65. The molecule has 0 saturated heterocycles. The Morgan fingerprint density at radius 1 is 0.773 bits per heavy atom. The van der Waals surface area contributed by atoms with Crippen molar-refractivity contribution in [3.05, 3.63) is 0 Å². The lowest BCUT2D eigenvalue weighted by Crippen LogP contribution is -2.00. The molecule has 0 saturated carbocycles. The Bertz CT molecular complexity index is 238. The zero-order chi connectivity index (χ0) is 16.5. The number of ether oxygens (including phenoxy) is 1. The summed E-state index contributed by atoms with van der Waals surface area (Å²) in [6.45, 7) is 4.66. The Kier molecular flexibility index (Phi) is 16.4. The lowest BCUT2D eigenvalue weighted by atomic mass is 9.96. The van der Waals surface area contributed by atoms with Gasteiger partial charge in [-0.1, -0.05) is 97.3 Å². The highest BCUT2D eigenvalue weighted by Crippen LogP contribution is 2.18. The van der Waals surface area contributed by atoms with Crippen molar-refractivity contribution in [1.29, 1.82) is 0 Å². The zero-order valence-corrected chi connectivity index (χ0v) is 15.5. The number of hydrogen-bond acceptors (Lipinski definition) is 2. The van der Waals surface area contributed by atoms with E-state index in [1.54, 1.807) is 0 Å². The molecule has 1 atom stereocenters. The van der Waals surface area contributed by atoms with Gasteiger partial charge < -0.3 is 4.74 Å². The van der Waals surface area contributed by atoms with Crippen LogP contribution in [0.3, 0.4) is 0 Å². The fraction of sp³-hybridized carbons (Fsp3) is 0.950. The molecule has 2 nitrogen and oxygen atoms in total. The van der Waals surface area contributed by atoms with Gasteiger partial charge in [0.2, 0.25) is 0 Å². The fourth-order valence-corrected chi connectivity index (χ4v) is 2.99. The van der Waals surface area contributed by atoms with Crippen LogP contribution in [0.25, 0.3) is 0 Å². The van der Waals surface area contributed by atoms with Gasteiger partial charge in [0.25, 0.3) is 0 Å². The molecule has 0 N–H and O–H groups in total. The van der Waals surface area contributed by atoms with Gasteiger partial charge in [0.05, 0.1) is 7.11 Å². The van der Waals surface area contributed by atoms with Crippen molar-refractivity contribution in [2.24, 2.45) is 5.92 Å². The van der Waals surface area contributed by atoms with E-state index in [-0.39, 0.29) is 5.97 Å². The van der Waals surface area contributed by atoms with Crippen LogP contribution in [-0.2, 0) is 9.53 Å². The maximum absolute atomic E-state index is 11.0. The van der Waals surface area contributed by atoms with Crippen molar-refractivity contribution < 1.29 is 9.53 Å². The van der Waals surface area contributed by atoms with Crippen LogP contribution in [0.4, 0.5) is 0 Å². The Morgan fingerprint density at radius 2 is 1.23 bits per heavy atom. The Morgan fingerprint density at radius 3 is 1.73 bits per heavy atom. The van der Waals surface area contributed by atoms with Crippen molar-refractivity contribution in [1.82, 2.24) is 0 Å². The highest BCUT2D eigenvalue weighted by Gasteiger charge is 2.03. The number of carbonyl (C=O) groups excluding carboxylic acids is 1. The van der Waals surface area contributed by atoms with E-state index >= 15 is 0 Å². The maximum Gasteiger partial charge on any atom is 0.305 e. The summed E-state index contributed by atoms with van der Waals surface area (Å²) in [6.07, 6.45) is 19.5. The van der Waals surface area contributed by atoms with Crippen LogP contribution in [0.1, 0.15) is 110 Å². The van der Waals surface area contributed by atoms with Gasteiger partial charge in [0.15, 0.2) is 0 Å². The first-order valence-corrected chi connectivity index (χ1v) is 9.77. The minimum atomic E-state index is -0.0669. The lowest BCUT2D eigenvalue weighted by Gasteiger charge is -2.11. The fourth-order valence-electron chi connectivity index (χ4n) is 2.99. The molecule has 0 amide bonds. The van der Waals surface area contributed by atoms with Gasteiger partial charge in [0.1, 0.15) is 0 Å². The number of carbonyl (C=O) groups is 1. The minimum absolute atomic E-state index is 0.0669. The van der Waals surface area contributed by atoms with Crippen LogP contribution in [0.15, 0.2) is 0 Å². The third kappa shape index (κ3) is 15.9. The third-order valence-electron chi connectivity index (χ3n) is 4.61. The van der Waals surface area contributed by atoms with E-state index in [1.165, 1.54) is 84.2 Å². The van der Waals surface area contributed by atoms with Crippen molar-refractivity contribution >= 4 is 5.97 Å². The lowest BCUT2D eigenvalue weighted by molar-refractivity contribution is -0.140. The largest absolute Gasteiger partial charge is 0.469 e. The number of esters is 1. The Balaban J connectivity index is 3.19. The van der Waals surface area contributed by atoms with Gasteiger partial charge in [0, 0.05) is 6.42 Å². The average molecular weight is 313 g/mol. The Hall–Kier alpha value is -0.530. The number of hydrogen-bond donors (Lipinski definition) is 0. The van der Waals surface area contributed by atoms with Crippen LogP contribution in [0, 0.1) is 5.92 Å². The molecule has 2 heteroatoms. The molecule has 132 valence electrons. The topological polar surface area (TPSA) is 26.3 Å². The second-order valence-electron chi connectivity index (χ2n) is 6.90. The highest BCUT2D eigenvalue weighted by molar-refractivity contribution is 5.68. The monoisotopic (exact) mass is 312 g/mol. The molecule has 0 rings (SSSR count). The molecule has 0 aliphatic heterocycles. The van der Waals surface area contributed by atoms with E-state index in [9.17, 15) is 4.79 Å². The van der Waals surface area contributed by atoms with Crippen molar-refractivity contribution in [3.63, 3.8) is 0 Å². The second-order valence-corrected chi connectivity index (χ2v) is 6.90. The maximum atomic E-state index is 11.0. The molecule has 0 radical (unpaired) electrons. The Labute approximate surface area is 139 Å². The molecule has 0 aliphatic carbocycles. The van der Waals surface area contributed by atoms with E-state index in [2.05, 4.69) is 18.6 Å². The van der Waals surface area contributed by atoms with Gasteiger partial charge >= 0.3 is 5.97 Å². The quantitative estimate of drug-likeness (QED) is 0.235. The SMILES string of the molecule is CCCCCCCCCCCC(C)CCCCCC(=O)OC.